The van der Waals surface area contributed by atoms with Crippen LogP contribution in [0.4, 0.5) is 0 Å². The maximum absolute atomic E-state index is 5.27. The molecule has 0 bridgehead atoms. The molecule has 79 valence electrons. The predicted octanol–water partition coefficient (Wildman–Crippen LogP) is 2.03. The van der Waals surface area contributed by atoms with Gasteiger partial charge in [0.25, 0.3) is 0 Å². The molecule has 0 aromatic heterocycles. The van der Waals surface area contributed by atoms with Gasteiger partial charge in [0.1, 0.15) is 17.7 Å². The molecule has 4 heteroatoms. The van der Waals surface area contributed by atoms with Crippen molar-refractivity contribution in [2.75, 3.05) is 14.2 Å². The summed E-state index contributed by atoms with van der Waals surface area (Å²) in [5.41, 5.74) is 0.885. The van der Waals surface area contributed by atoms with E-state index < -0.39 is 0 Å². The summed E-state index contributed by atoms with van der Waals surface area (Å²) < 4.78 is 10.5. The van der Waals surface area contributed by atoms with Crippen molar-refractivity contribution >= 4 is 6.21 Å². The van der Waals surface area contributed by atoms with E-state index >= 15 is 0 Å². The molecule has 0 spiro atoms. The van der Waals surface area contributed by atoms with Crippen molar-refractivity contribution in [3.8, 4) is 11.5 Å². The van der Waals surface area contributed by atoms with Gasteiger partial charge in [0, 0.05) is 6.42 Å². The Morgan fingerprint density at radius 2 is 2.00 bits per heavy atom. The van der Waals surface area contributed by atoms with E-state index in [9.17, 15) is 0 Å². The fourth-order valence-electron chi connectivity index (χ4n) is 1.61. The van der Waals surface area contributed by atoms with E-state index in [4.69, 9.17) is 14.3 Å². The molecule has 1 radical (unpaired) electrons. The fourth-order valence-corrected chi connectivity index (χ4v) is 1.61. The minimum Gasteiger partial charge on any atom is -0.496 e. The van der Waals surface area contributed by atoms with Gasteiger partial charge in [0.2, 0.25) is 0 Å². The summed E-state index contributed by atoms with van der Waals surface area (Å²) in [6.07, 6.45) is 3.23. The normalized spacial score (nSPS) is 18.7. The van der Waals surface area contributed by atoms with E-state index in [2.05, 4.69) is 11.4 Å². The van der Waals surface area contributed by atoms with Gasteiger partial charge in [-0.2, -0.15) is 0 Å². The molecule has 0 aliphatic carbocycles. The first-order chi connectivity index (χ1) is 7.36. The molecule has 0 amide bonds. The molecular weight excluding hydrogens is 194 g/mol. The lowest BCUT2D eigenvalue weighted by atomic mass is 10.0. The van der Waals surface area contributed by atoms with Crippen molar-refractivity contribution in [1.29, 1.82) is 0 Å². The quantitative estimate of drug-likeness (QED) is 0.759. The van der Waals surface area contributed by atoms with Crippen LogP contribution < -0.4 is 9.47 Å². The molecule has 15 heavy (non-hydrogen) atoms. The molecule has 0 N–H and O–H groups in total. The molecule has 1 heterocycles. The molecule has 0 fully saturated rings. The van der Waals surface area contributed by atoms with Crippen molar-refractivity contribution in [1.82, 2.24) is 0 Å². The van der Waals surface area contributed by atoms with E-state index in [1.807, 2.05) is 18.2 Å². The highest BCUT2D eigenvalue weighted by Gasteiger charge is 2.24. The van der Waals surface area contributed by atoms with Crippen molar-refractivity contribution in [2.24, 2.45) is 5.16 Å². The number of hydrogen-bond donors (Lipinski definition) is 0. The summed E-state index contributed by atoms with van der Waals surface area (Å²) in [7, 11) is 3.25. The lowest BCUT2D eigenvalue weighted by Gasteiger charge is -2.16. The number of methoxy groups -OCH3 is 2. The van der Waals surface area contributed by atoms with Gasteiger partial charge in [0.05, 0.1) is 19.8 Å². The van der Waals surface area contributed by atoms with Crippen LogP contribution in [0.2, 0.25) is 0 Å². The SMILES string of the molecule is COc1cccc(OC)c1C1C[C]=NO1. The number of ether oxygens (including phenoxy) is 2. The Morgan fingerprint density at radius 1 is 1.33 bits per heavy atom. The Hall–Kier alpha value is -1.71. The second kappa shape index (κ2) is 4.21. The highest BCUT2D eigenvalue weighted by atomic mass is 16.6. The zero-order valence-electron chi connectivity index (χ0n) is 8.69. The van der Waals surface area contributed by atoms with E-state index in [0.717, 1.165) is 17.1 Å². The Morgan fingerprint density at radius 3 is 2.47 bits per heavy atom. The molecule has 1 aliphatic heterocycles. The number of benzene rings is 1. The average molecular weight is 206 g/mol. The van der Waals surface area contributed by atoms with Crippen LogP contribution >= 0.6 is 0 Å². The van der Waals surface area contributed by atoms with Crippen LogP contribution in [0.25, 0.3) is 0 Å². The number of nitrogens with zero attached hydrogens (tertiary/aromatic N) is 1. The second-order valence-electron chi connectivity index (χ2n) is 3.12. The molecule has 4 nitrogen and oxygen atoms in total. The molecule has 0 saturated carbocycles. The maximum Gasteiger partial charge on any atom is 0.165 e. The molecular formula is C11H12NO3. The zero-order valence-corrected chi connectivity index (χ0v) is 8.69. The Bertz CT molecular complexity index is 346. The molecule has 1 aromatic rings. The van der Waals surface area contributed by atoms with Crippen molar-refractivity contribution in [2.45, 2.75) is 12.5 Å². The molecule has 0 saturated heterocycles. The number of hydrogen-bond acceptors (Lipinski definition) is 4. The summed E-state index contributed by atoms with van der Waals surface area (Å²) in [4.78, 5) is 5.18. The fraction of sp³-hybridized carbons (Fsp3) is 0.364. The summed E-state index contributed by atoms with van der Waals surface area (Å²) in [5, 5.41) is 3.63. The van der Waals surface area contributed by atoms with Crippen LogP contribution in [0.5, 0.6) is 11.5 Å². The maximum atomic E-state index is 5.27. The minimum atomic E-state index is -0.156. The highest BCUT2D eigenvalue weighted by molar-refractivity contribution is 5.61. The second-order valence-corrected chi connectivity index (χ2v) is 3.12. The van der Waals surface area contributed by atoms with Gasteiger partial charge in [-0.3, -0.25) is 0 Å². The predicted molar refractivity (Wildman–Crippen MR) is 55.4 cm³/mol. The molecule has 1 atom stereocenters. The standard InChI is InChI=1S/C11H12NO3/c1-13-8-4-3-5-9(14-2)11(8)10-6-7-12-15-10/h3-5,10H,6H2,1-2H3. The Kier molecular flexibility index (Phi) is 2.76. The van der Waals surface area contributed by atoms with Crippen LogP contribution in [-0.4, -0.2) is 20.4 Å². The van der Waals surface area contributed by atoms with Gasteiger partial charge in [0.15, 0.2) is 6.10 Å². The average Bonchev–Trinajstić information content (AvgIpc) is 2.81. The first-order valence-corrected chi connectivity index (χ1v) is 4.66. The molecule has 1 aliphatic rings. The summed E-state index contributed by atoms with van der Waals surface area (Å²) in [6.45, 7) is 0. The van der Waals surface area contributed by atoms with Gasteiger partial charge in [-0.1, -0.05) is 11.2 Å². The lowest BCUT2D eigenvalue weighted by Crippen LogP contribution is -2.02. The largest absolute Gasteiger partial charge is 0.496 e. The third-order valence-corrected chi connectivity index (χ3v) is 2.31. The topological polar surface area (TPSA) is 40.0 Å². The van der Waals surface area contributed by atoms with Crippen LogP contribution in [-0.2, 0) is 4.84 Å². The van der Waals surface area contributed by atoms with E-state index in [0.29, 0.717) is 6.42 Å². The summed E-state index contributed by atoms with van der Waals surface area (Å²) in [5.74, 6) is 1.50. The lowest BCUT2D eigenvalue weighted by molar-refractivity contribution is 0.0816. The molecule has 2 rings (SSSR count). The smallest absolute Gasteiger partial charge is 0.165 e. The molecule has 1 aromatic carbocycles. The summed E-state index contributed by atoms with van der Waals surface area (Å²) >= 11 is 0. The van der Waals surface area contributed by atoms with Gasteiger partial charge in [-0.05, 0) is 12.1 Å². The van der Waals surface area contributed by atoms with Crippen LogP contribution in [0.15, 0.2) is 23.4 Å². The Labute approximate surface area is 88.4 Å². The van der Waals surface area contributed by atoms with Crippen LogP contribution in [0.3, 0.4) is 0 Å². The minimum absolute atomic E-state index is 0.156. The van der Waals surface area contributed by atoms with Crippen molar-refractivity contribution in [3.63, 3.8) is 0 Å². The first-order valence-electron chi connectivity index (χ1n) is 4.66. The molecule has 1 unspecified atom stereocenters. The highest BCUT2D eigenvalue weighted by Crippen LogP contribution is 2.38. The van der Waals surface area contributed by atoms with Gasteiger partial charge < -0.3 is 14.3 Å². The van der Waals surface area contributed by atoms with E-state index in [1.54, 1.807) is 14.2 Å². The first kappa shape index (κ1) is 9.83. The monoisotopic (exact) mass is 206 g/mol. The summed E-state index contributed by atoms with van der Waals surface area (Å²) in [6, 6.07) is 5.62. The van der Waals surface area contributed by atoms with Crippen LogP contribution in [0, 0.1) is 0 Å². The van der Waals surface area contributed by atoms with Gasteiger partial charge in [-0.15, -0.1) is 0 Å². The van der Waals surface area contributed by atoms with Crippen LogP contribution in [0.1, 0.15) is 18.1 Å². The van der Waals surface area contributed by atoms with Gasteiger partial charge >= 0.3 is 0 Å². The van der Waals surface area contributed by atoms with Crippen molar-refractivity contribution < 1.29 is 14.3 Å². The third kappa shape index (κ3) is 1.75. The van der Waals surface area contributed by atoms with E-state index in [-0.39, 0.29) is 6.10 Å². The van der Waals surface area contributed by atoms with E-state index in [1.165, 1.54) is 0 Å². The zero-order chi connectivity index (χ0) is 10.7. The van der Waals surface area contributed by atoms with Gasteiger partial charge in [-0.25, -0.2) is 0 Å². The Balaban J connectivity index is 2.40. The number of rotatable bonds is 3. The van der Waals surface area contributed by atoms with Crippen molar-refractivity contribution in [3.05, 3.63) is 23.8 Å². The third-order valence-electron chi connectivity index (χ3n) is 2.31.